The number of rotatable bonds is 8. The van der Waals surface area contributed by atoms with Gasteiger partial charge >= 0.3 is 0 Å². The third-order valence-corrected chi connectivity index (χ3v) is 7.03. The second kappa shape index (κ2) is 8.54. The number of aromatic nitrogens is 1. The Labute approximate surface area is 162 Å². The fourth-order valence-electron chi connectivity index (χ4n) is 3.23. The summed E-state index contributed by atoms with van der Waals surface area (Å²) in [6.07, 6.45) is 8.83. The highest BCUT2D eigenvalue weighted by Crippen LogP contribution is 2.31. The van der Waals surface area contributed by atoms with E-state index in [1.165, 1.54) is 31.9 Å². The van der Waals surface area contributed by atoms with Gasteiger partial charge in [0.1, 0.15) is 10.7 Å². The van der Waals surface area contributed by atoms with Crippen molar-refractivity contribution in [3.8, 4) is 0 Å². The minimum Gasteiger partial charge on any atom is -0.384 e. The summed E-state index contributed by atoms with van der Waals surface area (Å²) >= 11 is 7.27. The zero-order valence-electron chi connectivity index (χ0n) is 14.2. The first-order chi connectivity index (χ1) is 12.5. The van der Waals surface area contributed by atoms with Gasteiger partial charge in [-0.15, -0.1) is 11.3 Å². The van der Waals surface area contributed by atoms with Gasteiger partial charge < -0.3 is 5.32 Å². The van der Waals surface area contributed by atoms with Crippen molar-refractivity contribution in [1.29, 1.82) is 0 Å². The van der Waals surface area contributed by atoms with E-state index in [9.17, 15) is 12.8 Å². The molecule has 1 aromatic heterocycles. The zero-order valence-corrected chi connectivity index (χ0v) is 16.6. The van der Waals surface area contributed by atoms with Crippen molar-refractivity contribution >= 4 is 43.8 Å². The van der Waals surface area contributed by atoms with Crippen LogP contribution < -0.4 is 10.0 Å². The molecule has 26 heavy (non-hydrogen) atoms. The molecule has 2 N–H and O–H groups in total. The number of anilines is 2. The highest BCUT2D eigenvalue weighted by molar-refractivity contribution is 7.93. The van der Waals surface area contributed by atoms with Crippen LogP contribution in [0.15, 0.2) is 28.6 Å². The Morgan fingerprint density at radius 3 is 2.77 bits per heavy atom. The summed E-state index contributed by atoms with van der Waals surface area (Å²) in [5.74, 6) is -0.0507. The fraction of sp³-hybridized carbons (Fsp3) is 0.471. The first-order valence-corrected chi connectivity index (χ1v) is 11.3. The van der Waals surface area contributed by atoms with E-state index in [0.29, 0.717) is 12.2 Å². The molecule has 0 radical (unpaired) electrons. The zero-order chi connectivity index (χ0) is 18.6. The van der Waals surface area contributed by atoms with E-state index in [4.69, 9.17) is 11.6 Å². The highest BCUT2D eigenvalue weighted by atomic mass is 35.5. The molecule has 2 aromatic rings. The molecular weight excluding hydrogens is 397 g/mol. The maximum Gasteiger partial charge on any atom is 0.266 e. The molecule has 0 aliphatic heterocycles. The molecule has 1 saturated carbocycles. The number of halogens is 2. The van der Waals surface area contributed by atoms with E-state index < -0.39 is 20.7 Å². The lowest BCUT2D eigenvalue weighted by atomic mass is 10.0. The lowest BCUT2D eigenvalue weighted by Gasteiger charge is -2.13. The van der Waals surface area contributed by atoms with Crippen molar-refractivity contribution in [1.82, 2.24) is 4.98 Å². The summed E-state index contributed by atoms with van der Waals surface area (Å²) in [4.78, 5) is 3.35. The minimum atomic E-state index is -4.08. The number of nitrogens with one attached hydrogen (secondary N) is 2. The number of hydrogen-bond donors (Lipinski definition) is 2. The lowest BCUT2D eigenvalue weighted by molar-refractivity contribution is 0.491. The molecule has 0 atom stereocenters. The van der Waals surface area contributed by atoms with Crippen LogP contribution in [-0.2, 0) is 10.0 Å². The first kappa shape index (κ1) is 19.4. The van der Waals surface area contributed by atoms with Gasteiger partial charge in [-0.05, 0) is 30.9 Å². The summed E-state index contributed by atoms with van der Waals surface area (Å²) < 4.78 is 41.3. The van der Waals surface area contributed by atoms with Crippen LogP contribution in [0.5, 0.6) is 0 Å². The summed E-state index contributed by atoms with van der Waals surface area (Å²) in [7, 11) is -4.08. The quantitative estimate of drug-likeness (QED) is 0.585. The van der Waals surface area contributed by atoms with Gasteiger partial charge in [0.2, 0.25) is 0 Å². The smallest absolute Gasteiger partial charge is 0.266 e. The van der Waals surface area contributed by atoms with Crippen LogP contribution in [0.2, 0.25) is 5.02 Å². The molecule has 0 bridgehead atoms. The number of benzene rings is 1. The molecule has 0 saturated heterocycles. The molecule has 1 aromatic carbocycles. The van der Waals surface area contributed by atoms with E-state index in [0.717, 1.165) is 42.2 Å². The van der Waals surface area contributed by atoms with Crippen LogP contribution in [0.3, 0.4) is 0 Å². The summed E-state index contributed by atoms with van der Waals surface area (Å²) in [5.41, 5.74) is 0.406. The highest BCUT2D eigenvalue weighted by Gasteiger charge is 2.22. The first-order valence-electron chi connectivity index (χ1n) is 8.61. The minimum absolute atomic E-state index is 0.173. The fourth-order valence-corrected chi connectivity index (χ4v) is 5.40. The average Bonchev–Trinajstić information content (AvgIpc) is 3.27. The molecule has 1 aliphatic carbocycles. The number of sulfonamides is 1. The largest absolute Gasteiger partial charge is 0.384 e. The normalized spacial score (nSPS) is 15.3. The summed E-state index contributed by atoms with van der Waals surface area (Å²) in [5, 5.41) is 5.08. The maximum atomic E-state index is 14.4. The molecule has 3 rings (SSSR count). The molecule has 0 spiro atoms. The Morgan fingerprint density at radius 2 is 2.08 bits per heavy atom. The SMILES string of the molecule is O=S(=O)(Nc1nccs1)c1cc(Cl)c(NCCCC2CCCC2)cc1F. The molecule has 9 heteroatoms. The summed E-state index contributed by atoms with van der Waals surface area (Å²) in [6, 6.07) is 2.26. The van der Waals surface area contributed by atoms with Crippen LogP contribution in [0.4, 0.5) is 15.2 Å². The van der Waals surface area contributed by atoms with Crippen LogP contribution >= 0.6 is 22.9 Å². The van der Waals surface area contributed by atoms with Gasteiger partial charge in [0.25, 0.3) is 10.0 Å². The van der Waals surface area contributed by atoms with Crippen LogP contribution in [-0.4, -0.2) is 19.9 Å². The van der Waals surface area contributed by atoms with Gasteiger partial charge in [0.15, 0.2) is 5.13 Å². The number of thiazole rings is 1. The second-order valence-electron chi connectivity index (χ2n) is 6.42. The molecule has 0 unspecified atom stereocenters. The van der Waals surface area contributed by atoms with Crippen molar-refractivity contribution in [2.75, 3.05) is 16.6 Å². The Balaban J connectivity index is 1.63. The standard InChI is InChI=1S/C17H21ClFN3O2S2/c18-13-10-16(26(23,24)22-17-21-8-9-25-17)14(19)11-15(13)20-7-3-6-12-4-1-2-5-12/h8-12,20H,1-7H2,(H,21,22). The molecule has 1 aliphatic rings. The van der Waals surface area contributed by atoms with Gasteiger partial charge in [-0.1, -0.05) is 37.3 Å². The van der Waals surface area contributed by atoms with Crippen molar-refractivity contribution in [2.45, 2.75) is 43.4 Å². The Morgan fingerprint density at radius 1 is 1.31 bits per heavy atom. The topological polar surface area (TPSA) is 71.1 Å². The van der Waals surface area contributed by atoms with Crippen molar-refractivity contribution < 1.29 is 12.8 Å². The molecule has 1 fully saturated rings. The Kier molecular flexibility index (Phi) is 6.37. The molecule has 0 amide bonds. The van der Waals surface area contributed by atoms with E-state index in [-0.39, 0.29) is 10.2 Å². The molecule has 1 heterocycles. The second-order valence-corrected chi connectivity index (χ2v) is 9.38. The predicted molar refractivity (Wildman–Crippen MR) is 104 cm³/mol. The third kappa shape index (κ3) is 4.86. The number of hydrogen-bond acceptors (Lipinski definition) is 5. The summed E-state index contributed by atoms with van der Waals surface area (Å²) in [6.45, 7) is 0.680. The van der Waals surface area contributed by atoms with Gasteiger partial charge in [-0.3, -0.25) is 4.72 Å². The van der Waals surface area contributed by atoms with E-state index in [1.807, 2.05) is 0 Å². The molecule has 5 nitrogen and oxygen atoms in total. The monoisotopic (exact) mass is 417 g/mol. The third-order valence-electron chi connectivity index (χ3n) is 4.54. The van der Waals surface area contributed by atoms with Gasteiger partial charge in [0, 0.05) is 18.1 Å². The van der Waals surface area contributed by atoms with Gasteiger partial charge in [0.05, 0.1) is 10.7 Å². The van der Waals surface area contributed by atoms with E-state index >= 15 is 0 Å². The predicted octanol–water partition coefficient (Wildman–Crippen LogP) is 5.12. The van der Waals surface area contributed by atoms with Gasteiger partial charge in [-0.25, -0.2) is 17.8 Å². The average molecular weight is 418 g/mol. The van der Waals surface area contributed by atoms with Crippen LogP contribution in [0.1, 0.15) is 38.5 Å². The Hall–Kier alpha value is -1.38. The van der Waals surface area contributed by atoms with E-state index in [1.54, 1.807) is 5.38 Å². The maximum absolute atomic E-state index is 14.4. The lowest BCUT2D eigenvalue weighted by Crippen LogP contribution is -2.15. The number of nitrogens with zero attached hydrogens (tertiary/aromatic N) is 1. The van der Waals surface area contributed by atoms with Gasteiger partial charge in [-0.2, -0.15) is 0 Å². The molecular formula is C17H21ClFN3O2S2. The van der Waals surface area contributed by atoms with E-state index in [2.05, 4.69) is 15.0 Å². The molecule has 142 valence electrons. The Bertz CT molecular complexity index is 838. The van der Waals surface area contributed by atoms with Crippen molar-refractivity contribution in [3.63, 3.8) is 0 Å². The van der Waals surface area contributed by atoms with Crippen LogP contribution in [0, 0.1) is 11.7 Å². The van der Waals surface area contributed by atoms with Crippen molar-refractivity contribution in [2.24, 2.45) is 5.92 Å². The van der Waals surface area contributed by atoms with Crippen LogP contribution in [0.25, 0.3) is 0 Å². The van der Waals surface area contributed by atoms with Crippen molar-refractivity contribution in [3.05, 3.63) is 34.5 Å².